The van der Waals surface area contributed by atoms with Crippen LogP contribution in [0.4, 0.5) is 11.4 Å². The molecule has 2 aromatic carbocycles. The fourth-order valence-electron chi connectivity index (χ4n) is 3.33. The number of rotatable bonds is 5. The first-order valence-corrected chi connectivity index (χ1v) is 9.92. The maximum atomic E-state index is 12.6. The van der Waals surface area contributed by atoms with E-state index in [9.17, 15) is 9.59 Å². The molecule has 148 valence electrons. The van der Waals surface area contributed by atoms with Gasteiger partial charge in [-0.2, -0.15) is 0 Å². The number of nitrogens with one attached hydrogen (secondary N) is 2. The summed E-state index contributed by atoms with van der Waals surface area (Å²) in [4.78, 5) is 26.7. The highest BCUT2D eigenvalue weighted by molar-refractivity contribution is 5.95. The Balaban J connectivity index is 1.50. The molecule has 0 unspecified atom stereocenters. The zero-order valence-electron chi connectivity index (χ0n) is 16.9. The van der Waals surface area contributed by atoms with Gasteiger partial charge in [0.05, 0.1) is 6.54 Å². The van der Waals surface area contributed by atoms with Crippen molar-refractivity contribution >= 4 is 23.2 Å². The molecule has 0 atom stereocenters. The zero-order valence-corrected chi connectivity index (χ0v) is 16.9. The summed E-state index contributed by atoms with van der Waals surface area (Å²) in [6, 6.07) is 13.2. The van der Waals surface area contributed by atoms with E-state index in [0.29, 0.717) is 11.5 Å². The molecule has 1 fully saturated rings. The Bertz CT molecular complexity index is 837. The maximum Gasteiger partial charge on any atom is 0.253 e. The Hall–Kier alpha value is -2.82. The number of hydrogen-bond donors (Lipinski definition) is 2. The molecule has 5 nitrogen and oxygen atoms in total. The number of hydrogen-bond acceptors (Lipinski definition) is 3. The van der Waals surface area contributed by atoms with Crippen molar-refractivity contribution in [3.05, 3.63) is 59.2 Å². The van der Waals surface area contributed by atoms with Crippen LogP contribution in [0, 0.1) is 19.8 Å². The highest BCUT2D eigenvalue weighted by Gasteiger charge is 2.21. The van der Waals surface area contributed by atoms with Gasteiger partial charge in [-0.15, -0.1) is 0 Å². The molecule has 1 aliphatic heterocycles. The molecule has 1 saturated heterocycles. The largest absolute Gasteiger partial charge is 0.376 e. The average Bonchev–Trinajstić information content (AvgIpc) is 2.70. The summed E-state index contributed by atoms with van der Waals surface area (Å²) in [7, 11) is 0. The molecule has 0 spiro atoms. The molecule has 0 aliphatic carbocycles. The molecule has 0 radical (unpaired) electrons. The summed E-state index contributed by atoms with van der Waals surface area (Å²) in [5.74, 6) is 0.683. The van der Waals surface area contributed by atoms with Crippen molar-refractivity contribution in [2.45, 2.75) is 33.6 Å². The van der Waals surface area contributed by atoms with Crippen molar-refractivity contribution in [2.24, 2.45) is 5.92 Å². The lowest BCUT2D eigenvalue weighted by Crippen LogP contribution is -2.37. The summed E-state index contributed by atoms with van der Waals surface area (Å²) in [6.45, 7) is 8.14. The molecule has 2 aromatic rings. The molecular weight excluding hydrogens is 350 g/mol. The minimum absolute atomic E-state index is 0.0888. The highest BCUT2D eigenvalue weighted by atomic mass is 16.2. The molecule has 2 N–H and O–H groups in total. The fourth-order valence-corrected chi connectivity index (χ4v) is 3.33. The second-order valence-electron chi connectivity index (χ2n) is 7.75. The summed E-state index contributed by atoms with van der Waals surface area (Å²) in [5.41, 5.74) is 4.66. The lowest BCUT2D eigenvalue weighted by atomic mass is 9.98. The van der Waals surface area contributed by atoms with Gasteiger partial charge in [-0.25, -0.2) is 0 Å². The van der Waals surface area contributed by atoms with Gasteiger partial charge < -0.3 is 15.5 Å². The van der Waals surface area contributed by atoms with E-state index in [2.05, 4.69) is 17.6 Å². The van der Waals surface area contributed by atoms with E-state index in [0.717, 1.165) is 42.9 Å². The fraction of sp³-hybridized carbons (Fsp3) is 0.391. The Morgan fingerprint density at radius 1 is 0.964 bits per heavy atom. The van der Waals surface area contributed by atoms with Crippen LogP contribution in [0.25, 0.3) is 0 Å². The third kappa shape index (κ3) is 5.12. The van der Waals surface area contributed by atoms with Gasteiger partial charge in [0, 0.05) is 30.0 Å². The van der Waals surface area contributed by atoms with E-state index in [4.69, 9.17) is 0 Å². The van der Waals surface area contributed by atoms with Gasteiger partial charge in [0.2, 0.25) is 5.91 Å². The Morgan fingerprint density at radius 2 is 1.61 bits per heavy atom. The van der Waals surface area contributed by atoms with Crippen molar-refractivity contribution in [3.63, 3.8) is 0 Å². The van der Waals surface area contributed by atoms with E-state index in [1.165, 1.54) is 5.56 Å². The van der Waals surface area contributed by atoms with Crippen molar-refractivity contribution in [3.8, 4) is 0 Å². The summed E-state index contributed by atoms with van der Waals surface area (Å²) < 4.78 is 0. The third-order valence-electron chi connectivity index (χ3n) is 5.45. The van der Waals surface area contributed by atoms with Gasteiger partial charge in [-0.3, -0.25) is 9.59 Å². The first kappa shape index (κ1) is 19.9. The van der Waals surface area contributed by atoms with Crippen LogP contribution < -0.4 is 10.6 Å². The molecule has 28 heavy (non-hydrogen) atoms. The number of carbonyl (C=O) groups excluding carboxylic acids is 2. The number of anilines is 2. The molecule has 0 bridgehead atoms. The lowest BCUT2D eigenvalue weighted by Gasteiger charge is -2.30. The van der Waals surface area contributed by atoms with Crippen LogP contribution >= 0.6 is 0 Å². The predicted octanol–water partition coefficient (Wildman–Crippen LogP) is 4.23. The molecule has 0 aromatic heterocycles. The van der Waals surface area contributed by atoms with Crippen LogP contribution in [0.1, 0.15) is 41.3 Å². The first-order valence-electron chi connectivity index (χ1n) is 9.92. The zero-order chi connectivity index (χ0) is 20.1. The smallest absolute Gasteiger partial charge is 0.253 e. The van der Waals surface area contributed by atoms with E-state index < -0.39 is 0 Å². The van der Waals surface area contributed by atoms with Crippen LogP contribution in [-0.2, 0) is 4.79 Å². The second kappa shape index (κ2) is 8.91. The number of piperidine rings is 1. The molecule has 5 heteroatoms. The first-order chi connectivity index (χ1) is 13.4. The number of likely N-dealkylation sites (tertiary alicyclic amines) is 1. The Morgan fingerprint density at radius 3 is 2.25 bits per heavy atom. The standard InChI is InChI=1S/C23H29N3O2/c1-16-10-12-26(13-11-16)23(28)19-5-8-20(9-6-19)24-15-22(27)25-21-7-4-17(2)18(3)14-21/h4-9,14,16,24H,10-13,15H2,1-3H3,(H,25,27). The average molecular weight is 380 g/mol. The number of carbonyl (C=O) groups is 2. The lowest BCUT2D eigenvalue weighted by molar-refractivity contribution is -0.114. The summed E-state index contributed by atoms with van der Waals surface area (Å²) >= 11 is 0. The van der Waals surface area contributed by atoms with Crippen molar-refractivity contribution < 1.29 is 9.59 Å². The molecule has 1 aliphatic rings. The highest BCUT2D eigenvalue weighted by Crippen LogP contribution is 2.19. The maximum absolute atomic E-state index is 12.6. The summed E-state index contributed by atoms with van der Waals surface area (Å²) in [6.07, 6.45) is 2.14. The van der Waals surface area contributed by atoms with E-state index in [1.54, 1.807) is 0 Å². The SMILES string of the molecule is Cc1ccc(NC(=O)CNc2ccc(C(=O)N3CCC(C)CC3)cc2)cc1C. The quantitative estimate of drug-likeness (QED) is 0.817. The third-order valence-corrected chi connectivity index (χ3v) is 5.45. The van der Waals surface area contributed by atoms with Crippen LogP contribution in [0.15, 0.2) is 42.5 Å². The van der Waals surface area contributed by atoms with Crippen LogP contribution in [-0.4, -0.2) is 36.3 Å². The van der Waals surface area contributed by atoms with Crippen molar-refractivity contribution in [1.82, 2.24) is 4.90 Å². The van der Waals surface area contributed by atoms with Crippen molar-refractivity contribution in [1.29, 1.82) is 0 Å². The van der Waals surface area contributed by atoms with Crippen LogP contribution in [0.5, 0.6) is 0 Å². The number of nitrogens with zero attached hydrogens (tertiary/aromatic N) is 1. The molecular formula is C23H29N3O2. The summed E-state index contributed by atoms with van der Waals surface area (Å²) in [5, 5.41) is 6.00. The molecule has 2 amide bonds. The van der Waals surface area contributed by atoms with E-state index >= 15 is 0 Å². The van der Waals surface area contributed by atoms with Gasteiger partial charge >= 0.3 is 0 Å². The Kier molecular flexibility index (Phi) is 6.34. The minimum Gasteiger partial charge on any atom is -0.376 e. The topological polar surface area (TPSA) is 61.4 Å². The van der Waals surface area contributed by atoms with Crippen LogP contribution in [0.3, 0.4) is 0 Å². The van der Waals surface area contributed by atoms with Gasteiger partial charge in [-0.05, 0) is 80.1 Å². The number of amides is 2. The van der Waals surface area contributed by atoms with E-state index in [1.807, 2.05) is 61.2 Å². The van der Waals surface area contributed by atoms with Gasteiger partial charge in [0.1, 0.15) is 0 Å². The van der Waals surface area contributed by atoms with Crippen LogP contribution in [0.2, 0.25) is 0 Å². The molecule has 3 rings (SSSR count). The number of benzene rings is 2. The van der Waals surface area contributed by atoms with Gasteiger partial charge in [-0.1, -0.05) is 13.0 Å². The second-order valence-corrected chi connectivity index (χ2v) is 7.75. The normalized spacial score (nSPS) is 14.6. The van der Waals surface area contributed by atoms with Crippen molar-refractivity contribution in [2.75, 3.05) is 30.3 Å². The van der Waals surface area contributed by atoms with E-state index in [-0.39, 0.29) is 18.4 Å². The predicted molar refractivity (Wildman–Crippen MR) is 114 cm³/mol. The Labute approximate surface area is 167 Å². The molecule has 1 heterocycles. The monoisotopic (exact) mass is 379 g/mol. The minimum atomic E-state index is -0.106. The van der Waals surface area contributed by atoms with Gasteiger partial charge in [0.25, 0.3) is 5.91 Å². The number of aryl methyl sites for hydroxylation is 2. The molecule has 0 saturated carbocycles. The van der Waals surface area contributed by atoms with Gasteiger partial charge in [0.15, 0.2) is 0 Å².